The molecule has 1 aromatic carbocycles. The topological polar surface area (TPSA) is 41.1 Å². The molecule has 104 valence electrons. The van der Waals surface area contributed by atoms with Crippen molar-refractivity contribution in [3.8, 4) is 0 Å². The van der Waals surface area contributed by atoms with E-state index in [0.717, 1.165) is 24.6 Å². The van der Waals surface area contributed by atoms with Crippen molar-refractivity contribution in [2.45, 2.75) is 32.0 Å². The van der Waals surface area contributed by atoms with Gasteiger partial charge in [-0.1, -0.05) is 30.3 Å². The number of hydrogen-bond donors (Lipinski definition) is 1. The summed E-state index contributed by atoms with van der Waals surface area (Å²) in [6.45, 7) is 1.66. The summed E-state index contributed by atoms with van der Waals surface area (Å²) >= 11 is 0. The minimum absolute atomic E-state index is 0.706. The number of rotatable bonds is 6. The van der Waals surface area contributed by atoms with Crippen LogP contribution in [0.4, 0.5) is 5.82 Å². The van der Waals surface area contributed by atoms with Crippen molar-refractivity contribution in [1.82, 2.24) is 15.3 Å². The largest absolute Gasteiger partial charge is 0.354 e. The summed E-state index contributed by atoms with van der Waals surface area (Å²) in [6, 6.07) is 11.1. The monoisotopic (exact) mass is 268 g/mol. The van der Waals surface area contributed by atoms with E-state index in [4.69, 9.17) is 0 Å². The number of hydrogen-bond acceptors (Lipinski definition) is 4. The highest BCUT2D eigenvalue weighted by molar-refractivity contribution is 5.36. The maximum absolute atomic E-state index is 4.50. The molecule has 1 heterocycles. The van der Waals surface area contributed by atoms with Crippen LogP contribution in [0.2, 0.25) is 0 Å². The summed E-state index contributed by atoms with van der Waals surface area (Å²) in [5, 5.41) is 3.45. The Morgan fingerprint density at radius 3 is 2.60 bits per heavy atom. The van der Waals surface area contributed by atoms with Gasteiger partial charge in [-0.25, -0.2) is 4.98 Å². The van der Waals surface area contributed by atoms with E-state index in [1.165, 1.54) is 18.4 Å². The lowest BCUT2D eigenvalue weighted by Gasteiger charge is -2.18. The first-order chi connectivity index (χ1) is 9.81. The van der Waals surface area contributed by atoms with Gasteiger partial charge in [0.2, 0.25) is 0 Å². The Morgan fingerprint density at radius 2 is 1.95 bits per heavy atom. The van der Waals surface area contributed by atoms with Crippen molar-refractivity contribution >= 4 is 5.82 Å². The van der Waals surface area contributed by atoms with Gasteiger partial charge in [0.05, 0.1) is 18.1 Å². The van der Waals surface area contributed by atoms with Gasteiger partial charge in [0.15, 0.2) is 0 Å². The second-order valence-corrected chi connectivity index (χ2v) is 5.36. The highest BCUT2D eigenvalue weighted by Gasteiger charge is 2.20. The molecule has 4 nitrogen and oxygen atoms in total. The van der Waals surface area contributed by atoms with Crippen molar-refractivity contribution in [3.05, 3.63) is 54.0 Å². The SMILES string of the molecule is CN(Cc1ccccc1)c1cnc(CNC2CC2)cn1. The van der Waals surface area contributed by atoms with Gasteiger partial charge in [-0.2, -0.15) is 0 Å². The molecule has 2 aromatic rings. The van der Waals surface area contributed by atoms with Crippen LogP contribution in [-0.2, 0) is 13.1 Å². The summed E-state index contributed by atoms with van der Waals surface area (Å²) in [4.78, 5) is 11.1. The molecular formula is C16H20N4. The number of aromatic nitrogens is 2. The fourth-order valence-electron chi connectivity index (χ4n) is 2.11. The van der Waals surface area contributed by atoms with Crippen LogP contribution in [0.15, 0.2) is 42.7 Å². The first kappa shape index (κ1) is 13.1. The molecule has 1 fully saturated rings. The van der Waals surface area contributed by atoms with E-state index in [9.17, 15) is 0 Å². The molecule has 1 saturated carbocycles. The maximum Gasteiger partial charge on any atom is 0.147 e. The van der Waals surface area contributed by atoms with Crippen molar-refractivity contribution < 1.29 is 0 Å². The summed E-state index contributed by atoms with van der Waals surface area (Å²) in [5.41, 5.74) is 2.28. The normalized spacial score (nSPS) is 14.2. The fraction of sp³-hybridized carbons (Fsp3) is 0.375. The lowest BCUT2D eigenvalue weighted by atomic mass is 10.2. The third-order valence-electron chi connectivity index (χ3n) is 3.49. The molecule has 0 radical (unpaired) electrons. The molecule has 20 heavy (non-hydrogen) atoms. The first-order valence-corrected chi connectivity index (χ1v) is 7.10. The van der Waals surface area contributed by atoms with Gasteiger partial charge >= 0.3 is 0 Å². The lowest BCUT2D eigenvalue weighted by Crippen LogP contribution is -2.19. The number of nitrogens with one attached hydrogen (secondary N) is 1. The van der Waals surface area contributed by atoms with Gasteiger partial charge in [0.25, 0.3) is 0 Å². The van der Waals surface area contributed by atoms with Crippen molar-refractivity contribution in [1.29, 1.82) is 0 Å². The maximum atomic E-state index is 4.50. The third-order valence-corrected chi connectivity index (χ3v) is 3.49. The van der Waals surface area contributed by atoms with Crippen molar-refractivity contribution in [2.75, 3.05) is 11.9 Å². The molecule has 0 saturated heterocycles. The van der Waals surface area contributed by atoms with E-state index in [1.54, 1.807) is 0 Å². The molecule has 1 aliphatic rings. The second kappa shape index (κ2) is 6.01. The quantitative estimate of drug-likeness (QED) is 0.873. The van der Waals surface area contributed by atoms with Gasteiger partial charge in [0, 0.05) is 26.2 Å². The van der Waals surface area contributed by atoms with Gasteiger partial charge in [-0.15, -0.1) is 0 Å². The number of benzene rings is 1. The minimum atomic E-state index is 0.706. The molecule has 4 heteroatoms. The van der Waals surface area contributed by atoms with Crippen LogP contribution in [-0.4, -0.2) is 23.1 Å². The van der Waals surface area contributed by atoms with Gasteiger partial charge < -0.3 is 10.2 Å². The average molecular weight is 268 g/mol. The molecule has 1 aliphatic carbocycles. The molecule has 0 atom stereocenters. The fourth-order valence-corrected chi connectivity index (χ4v) is 2.11. The van der Waals surface area contributed by atoms with Gasteiger partial charge in [0.1, 0.15) is 5.82 Å². The molecule has 1 aromatic heterocycles. The Kier molecular flexibility index (Phi) is 3.92. The van der Waals surface area contributed by atoms with Crippen LogP contribution in [0, 0.1) is 0 Å². The minimum Gasteiger partial charge on any atom is -0.354 e. The molecule has 3 rings (SSSR count). The number of anilines is 1. The standard InChI is InChI=1S/C16H20N4/c1-20(12-13-5-3-2-4-6-13)16-11-18-15(10-19-16)9-17-14-7-8-14/h2-6,10-11,14,17H,7-9,12H2,1H3. The lowest BCUT2D eigenvalue weighted by molar-refractivity contribution is 0.671. The Morgan fingerprint density at radius 1 is 1.15 bits per heavy atom. The Bertz CT molecular complexity index is 534. The van der Waals surface area contributed by atoms with E-state index < -0.39 is 0 Å². The molecule has 0 unspecified atom stereocenters. The Labute approximate surface area is 119 Å². The summed E-state index contributed by atoms with van der Waals surface area (Å²) in [7, 11) is 2.04. The molecule has 0 amide bonds. The van der Waals surface area contributed by atoms with Gasteiger partial charge in [-0.3, -0.25) is 4.98 Å². The zero-order valence-electron chi connectivity index (χ0n) is 11.8. The summed E-state index contributed by atoms with van der Waals surface area (Å²) < 4.78 is 0. The van der Waals surface area contributed by atoms with E-state index >= 15 is 0 Å². The molecule has 0 bridgehead atoms. The van der Waals surface area contributed by atoms with E-state index in [0.29, 0.717) is 6.04 Å². The second-order valence-electron chi connectivity index (χ2n) is 5.36. The first-order valence-electron chi connectivity index (χ1n) is 7.10. The Balaban J connectivity index is 1.58. The predicted molar refractivity (Wildman–Crippen MR) is 80.4 cm³/mol. The zero-order valence-corrected chi connectivity index (χ0v) is 11.8. The van der Waals surface area contributed by atoms with Gasteiger partial charge in [-0.05, 0) is 18.4 Å². The zero-order chi connectivity index (χ0) is 13.8. The van der Waals surface area contributed by atoms with Crippen LogP contribution in [0.1, 0.15) is 24.1 Å². The van der Waals surface area contributed by atoms with Crippen LogP contribution in [0.5, 0.6) is 0 Å². The van der Waals surface area contributed by atoms with Crippen LogP contribution in [0.25, 0.3) is 0 Å². The summed E-state index contributed by atoms with van der Waals surface area (Å²) in [5.74, 6) is 0.907. The third kappa shape index (κ3) is 3.54. The van der Waals surface area contributed by atoms with E-state index in [1.807, 2.05) is 25.5 Å². The van der Waals surface area contributed by atoms with Crippen LogP contribution in [0.3, 0.4) is 0 Å². The van der Waals surface area contributed by atoms with Crippen LogP contribution >= 0.6 is 0 Å². The predicted octanol–water partition coefficient (Wildman–Crippen LogP) is 2.37. The van der Waals surface area contributed by atoms with Crippen molar-refractivity contribution in [2.24, 2.45) is 0 Å². The summed E-state index contributed by atoms with van der Waals surface area (Å²) in [6.07, 6.45) is 6.32. The molecule has 0 spiro atoms. The van der Waals surface area contributed by atoms with Crippen LogP contribution < -0.4 is 10.2 Å². The highest BCUT2D eigenvalue weighted by Crippen LogP contribution is 2.19. The van der Waals surface area contributed by atoms with Crippen molar-refractivity contribution in [3.63, 3.8) is 0 Å². The Hall–Kier alpha value is -1.94. The molecule has 0 aliphatic heterocycles. The molecule has 1 N–H and O–H groups in total. The molecular weight excluding hydrogens is 248 g/mol. The van der Waals surface area contributed by atoms with E-state index in [-0.39, 0.29) is 0 Å². The highest BCUT2D eigenvalue weighted by atomic mass is 15.2. The number of nitrogens with zero attached hydrogens (tertiary/aromatic N) is 3. The van der Waals surface area contributed by atoms with E-state index in [2.05, 4.69) is 44.5 Å². The average Bonchev–Trinajstić information content (AvgIpc) is 3.31. The smallest absolute Gasteiger partial charge is 0.147 e.